The molecule has 168 valence electrons. The number of rotatable bonds is 7. The van der Waals surface area contributed by atoms with Gasteiger partial charge in [0.2, 0.25) is 0 Å². The van der Waals surface area contributed by atoms with Gasteiger partial charge in [-0.3, -0.25) is 4.99 Å². The molecule has 0 unspecified atom stereocenters. The molecule has 0 aliphatic carbocycles. The van der Waals surface area contributed by atoms with Gasteiger partial charge in [-0.25, -0.2) is 9.78 Å². The largest absolute Gasteiger partial charge is 0.450 e. The summed E-state index contributed by atoms with van der Waals surface area (Å²) in [6.07, 6.45) is -1.94. The minimum absolute atomic E-state index is 0.147. The molecule has 1 aromatic heterocycles. The molecule has 1 amide bonds. The second kappa shape index (κ2) is 11.5. The van der Waals surface area contributed by atoms with Gasteiger partial charge in [-0.2, -0.15) is 13.2 Å². The standard InChI is InChI=1S/C19H29F3N6O2/c1-3-23-17(27-14-7-12-28(13-8-14)18(29)30-4-2)26-11-10-25-16-15(19(20,21)22)6-5-9-24-16/h5-6,9,14H,3-4,7-8,10-13H2,1-2H3,(H,24,25)(H2,23,26,27). The van der Waals surface area contributed by atoms with Gasteiger partial charge in [-0.1, -0.05) is 0 Å². The molecular weight excluding hydrogens is 401 g/mol. The summed E-state index contributed by atoms with van der Waals surface area (Å²) in [4.78, 5) is 21.6. The fourth-order valence-electron chi connectivity index (χ4n) is 3.05. The number of hydrogen-bond acceptors (Lipinski definition) is 5. The summed E-state index contributed by atoms with van der Waals surface area (Å²) in [6, 6.07) is 2.40. The number of aromatic nitrogens is 1. The van der Waals surface area contributed by atoms with Crippen molar-refractivity contribution in [1.82, 2.24) is 20.5 Å². The lowest BCUT2D eigenvalue weighted by Gasteiger charge is -2.32. The smallest absolute Gasteiger partial charge is 0.419 e. The lowest BCUT2D eigenvalue weighted by Crippen LogP contribution is -2.50. The number of alkyl halides is 3. The molecule has 0 spiro atoms. The van der Waals surface area contributed by atoms with E-state index in [1.165, 1.54) is 12.3 Å². The maximum absolute atomic E-state index is 13.0. The van der Waals surface area contributed by atoms with Crippen LogP contribution in [0.4, 0.5) is 23.8 Å². The molecule has 0 radical (unpaired) electrons. The van der Waals surface area contributed by atoms with Crippen LogP contribution in [0.25, 0.3) is 0 Å². The molecule has 3 N–H and O–H groups in total. The summed E-state index contributed by atoms with van der Waals surface area (Å²) < 4.78 is 44.0. The number of nitrogens with zero attached hydrogens (tertiary/aromatic N) is 3. The quantitative estimate of drug-likeness (QED) is 0.350. The fraction of sp³-hybridized carbons (Fsp3) is 0.632. The van der Waals surface area contributed by atoms with Gasteiger partial charge in [0.1, 0.15) is 5.82 Å². The molecule has 1 fully saturated rings. The predicted octanol–water partition coefficient (Wildman–Crippen LogP) is 2.69. The maximum Gasteiger partial charge on any atom is 0.419 e. The minimum Gasteiger partial charge on any atom is -0.450 e. The summed E-state index contributed by atoms with van der Waals surface area (Å²) in [7, 11) is 0. The highest BCUT2D eigenvalue weighted by Gasteiger charge is 2.33. The van der Waals surface area contributed by atoms with Crippen molar-refractivity contribution >= 4 is 17.9 Å². The van der Waals surface area contributed by atoms with Crippen LogP contribution < -0.4 is 16.0 Å². The van der Waals surface area contributed by atoms with Crippen molar-refractivity contribution in [2.45, 2.75) is 38.9 Å². The highest BCUT2D eigenvalue weighted by atomic mass is 19.4. The number of pyridine rings is 1. The molecule has 1 aliphatic heterocycles. The van der Waals surface area contributed by atoms with E-state index in [1.54, 1.807) is 11.8 Å². The van der Waals surface area contributed by atoms with Gasteiger partial charge >= 0.3 is 12.3 Å². The third kappa shape index (κ3) is 7.27. The summed E-state index contributed by atoms with van der Waals surface area (Å²) in [5.74, 6) is 0.385. The molecule has 0 bridgehead atoms. The van der Waals surface area contributed by atoms with Crippen LogP contribution in [0.5, 0.6) is 0 Å². The van der Waals surface area contributed by atoms with Gasteiger partial charge < -0.3 is 25.6 Å². The Balaban J connectivity index is 1.84. The zero-order valence-electron chi connectivity index (χ0n) is 17.3. The third-order valence-electron chi connectivity index (χ3n) is 4.49. The number of piperidine rings is 1. The van der Waals surface area contributed by atoms with E-state index < -0.39 is 11.7 Å². The first-order valence-electron chi connectivity index (χ1n) is 10.1. The number of amides is 1. The number of halogens is 3. The molecule has 1 aliphatic rings. The minimum atomic E-state index is -4.46. The molecular formula is C19H29F3N6O2. The summed E-state index contributed by atoms with van der Waals surface area (Å²) in [6.45, 7) is 6.38. The van der Waals surface area contributed by atoms with E-state index in [2.05, 4.69) is 25.9 Å². The predicted molar refractivity (Wildman–Crippen MR) is 108 cm³/mol. The van der Waals surface area contributed by atoms with Crippen LogP contribution in [-0.4, -0.2) is 67.3 Å². The zero-order chi connectivity index (χ0) is 22.0. The van der Waals surface area contributed by atoms with Crippen LogP contribution in [0.3, 0.4) is 0 Å². The number of carbonyl (C=O) groups is 1. The molecule has 11 heteroatoms. The number of aliphatic imine (C=N–C) groups is 1. The van der Waals surface area contributed by atoms with Gasteiger partial charge in [0, 0.05) is 38.4 Å². The average molecular weight is 430 g/mol. The van der Waals surface area contributed by atoms with Crippen molar-refractivity contribution in [3.05, 3.63) is 23.9 Å². The molecule has 0 aromatic carbocycles. The van der Waals surface area contributed by atoms with Crippen LogP contribution in [0, 0.1) is 0 Å². The zero-order valence-corrected chi connectivity index (χ0v) is 17.3. The lowest BCUT2D eigenvalue weighted by atomic mass is 10.1. The van der Waals surface area contributed by atoms with E-state index in [4.69, 9.17) is 4.74 Å². The molecule has 30 heavy (non-hydrogen) atoms. The Kier molecular flexibility index (Phi) is 9.00. The Labute approximate surface area is 174 Å². The first-order valence-corrected chi connectivity index (χ1v) is 10.1. The van der Waals surface area contributed by atoms with Crippen LogP contribution in [-0.2, 0) is 10.9 Å². The molecule has 1 saturated heterocycles. The van der Waals surface area contributed by atoms with Crippen LogP contribution in [0.15, 0.2) is 23.3 Å². The van der Waals surface area contributed by atoms with Crippen molar-refractivity contribution in [1.29, 1.82) is 0 Å². The van der Waals surface area contributed by atoms with Crippen molar-refractivity contribution in [2.24, 2.45) is 4.99 Å². The van der Waals surface area contributed by atoms with E-state index in [1.807, 2.05) is 6.92 Å². The first-order chi connectivity index (χ1) is 14.3. The first kappa shape index (κ1) is 23.6. The lowest BCUT2D eigenvalue weighted by molar-refractivity contribution is -0.137. The monoisotopic (exact) mass is 430 g/mol. The Morgan fingerprint density at radius 3 is 2.70 bits per heavy atom. The molecule has 8 nitrogen and oxygen atoms in total. The number of hydrogen-bond donors (Lipinski definition) is 3. The molecule has 1 aromatic rings. The summed E-state index contributed by atoms with van der Waals surface area (Å²) >= 11 is 0. The van der Waals surface area contributed by atoms with Gasteiger partial charge in [-0.05, 0) is 38.8 Å². The molecule has 2 heterocycles. The van der Waals surface area contributed by atoms with Crippen LogP contribution >= 0.6 is 0 Å². The highest BCUT2D eigenvalue weighted by molar-refractivity contribution is 5.80. The Hall–Kier alpha value is -2.72. The van der Waals surface area contributed by atoms with E-state index >= 15 is 0 Å². The van der Waals surface area contributed by atoms with Crippen molar-refractivity contribution < 1.29 is 22.7 Å². The summed E-state index contributed by atoms with van der Waals surface area (Å²) in [5.41, 5.74) is -0.799. The number of nitrogens with one attached hydrogen (secondary N) is 3. The normalized spacial score (nSPS) is 15.6. The SMILES string of the molecule is CCNC(=NCCNc1ncccc1C(F)(F)F)NC1CCN(C(=O)OCC)CC1. The molecule has 0 saturated carbocycles. The van der Waals surface area contributed by atoms with E-state index in [9.17, 15) is 18.0 Å². The molecule has 0 atom stereocenters. The second-order valence-electron chi connectivity index (χ2n) is 6.69. The number of carbonyl (C=O) groups excluding carboxylic acids is 1. The van der Waals surface area contributed by atoms with Crippen molar-refractivity contribution in [3.63, 3.8) is 0 Å². The van der Waals surface area contributed by atoms with Crippen LogP contribution in [0.1, 0.15) is 32.3 Å². The Morgan fingerprint density at radius 1 is 1.33 bits per heavy atom. The van der Waals surface area contributed by atoms with Gasteiger partial charge in [0.05, 0.1) is 18.7 Å². The van der Waals surface area contributed by atoms with Gasteiger partial charge in [-0.15, -0.1) is 0 Å². The highest BCUT2D eigenvalue weighted by Crippen LogP contribution is 2.33. The van der Waals surface area contributed by atoms with E-state index in [-0.39, 0.29) is 31.0 Å². The maximum atomic E-state index is 13.0. The van der Waals surface area contributed by atoms with Crippen molar-refractivity contribution in [3.8, 4) is 0 Å². The third-order valence-corrected chi connectivity index (χ3v) is 4.49. The average Bonchev–Trinajstić information content (AvgIpc) is 2.71. The fourth-order valence-corrected chi connectivity index (χ4v) is 3.05. The number of guanidine groups is 1. The number of ether oxygens (including phenoxy) is 1. The molecule has 2 rings (SSSR count). The Morgan fingerprint density at radius 2 is 2.07 bits per heavy atom. The number of anilines is 1. The van der Waals surface area contributed by atoms with E-state index in [0.717, 1.165) is 18.9 Å². The van der Waals surface area contributed by atoms with Crippen LogP contribution in [0.2, 0.25) is 0 Å². The topological polar surface area (TPSA) is 90.9 Å². The number of likely N-dealkylation sites (tertiary alicyclic amines) is 1. The van der Waals surface area contributed by atoms with Gasteiger partial charge in [0.25, 0.3) is 0 Å². The van der Waals surface area contributed by atoms with Gasteiger partial charge in [0.15, 0.2) is 5.96 Å². The van der Waals surface area contributed by atoms with Crippen molar-refractivity contribution in [2.75, 3.05) is 44.6 Å². The second-order valence-corrected chi connectivity index (χ2v) is 6.69. The van der Waals surface area contributed by atoms with E-state index in [0.29, 0.717) is 32.2 Å². The summed E-state index contributed by atoms with van der Waals surface area (Å²) in [5, 5.41) is 9.15. The Bertz CT molecular complexity index is 706.